The van der Waals surface area contributed by atoms with Crippen LogP contribution in [-0.4, -0.2) is 33.7 Å². The number of hydrogen-bond donors (Lipinski definition) is 0. The van der Waals surface area contributed by atoms with Crippen molar-refractivity contribution < 1.29 is 27.5 Å². The summed E-state index contributed by atoms with van der Waals surface area (Å²) in [6.07, 6.45) is 2.38. The van der Waals surface area contributed by atoms with Crippen LogP contribution in [0.4, 0.5) is 0 Å². The van der Waals surface area contributed by atoms with Crippen molar-refractivity contribution in [1.29, 1.82) is 0 Å². The SMILES string of the molecule is CCc1csc(C(=O)OC)c1.O=C=NS(=O)(=O)N=C=O. The third kappa shape index (κ3) is 6.72. The van der Waals surface area contributed by atoms with Gasteiger partial charge < -0.3 is 4.74 Å². The Balaban J connectivity index is 0.000000370. The molecule has 0 atom stereocenters. The topological polar surface area (TPSA) is 119 Å². The van der Waals surface area contributed by atoms with Gasteiger partial charge in [-0.2, -0.15) is 8.42 Å². The number of carbonyl (C=O) groups excluding carboxylic acids is 3. The second kappa shape index (κ2) is 8.89. The molecule has 20 heavy (non-hydrogen) atoms. The van der Waals surface area contributed by atoms with Crippen molar-refractivity contribution in [3.05, 3.63) is 21.9 Å². The Morgan fingerprint density at radius 1 is 1.35 bits per heavy atom. The molecule has 0 saturated carbocycles. The number of esters is 1. The van der Waals surface area contributed by atoms with E-state index in [0.717, 1.165) is 6.42 Å². The molecule has 0 fully saturated rings. The van der Waals surface area contributed by atoms with E-state index in [2.05, 4.69) is 20.5 Å². The lowest BCUT2D eigenvalue weighted by Crippen LogP contribution is -1.96. The highest BCUT2D eigenvalue weighted by molar-refractivity contribution is 7.89. The molecule has 8 nitrogen and oxygen atoms in total. The summed E-state index contributed by atoms with van der Waals surface area (Å²) in [5.41, 5.74) is 1.19. The minimum absolute atomic E-state index is 0.241. The van der Waals surface area contributed by atoms with E-state index in [4.69, 9.17) is 0 Å². The predicted molar refractivity (Wildman–Crippen MR) is 70.2 cm³/mol. The van der Waals surface area contributed by atoms with Crippen molar-refractivity contribution in [2.45, 2.75) is 13.3 Å². The maximum absolute atomic E-state index is 10.9. The van der Waals surface area contributed by atoms with Crippen LogP contribution in [0.1, 0.15) is 22.2 Å². The predicted octanol–water partition coefficient (Wildman–Crippen LogP) is 1.000. The minimum Gasteiger partial charge on any atom is -0.465 e. The summed E-state index contributed by atoms with van der Waals surface area (Å²) < 4.78 is 28.9. The van der Waals surface area contributed by atoms with Crippen molar-refractivity contribution in [3.8, 4) is 0 Å². The Morgan fingerprint density at radius 3 is 2.25 bits per heavy atom. The van der Waals surface area contributed by atoms with E-state index in [0.29, 0.717) is 17.0 Å². The van der Waals surface area contributed by atoms with Gasteiger partial charge in [-0.1, -0.05) is 15.7 Å². The Kier molecular flexibility index (Phi) is 7.95. The van der Waals surface area contributed by atoms with Gasteiger partial charge in [0.1, 0.15) is 4.88 Å². The van der Waals surface area contributed by atoms with Gasteiger partial charge in [-0.3, -0.25) is 0 Å². The molecule has 0 spiro atoms. The van der Waals surface area contributed by atoms with Crippen LogP contribution in [0.15, 0.2) is 20.2 Å². The van der Waals surface area contributed by atoms with Gasteiger partial charge in [0.25, 0.3) is 12.2 Å². The van der Waals surface area contributed by atoms with E-state index in [9.17, 15) is 22.8 Å². The number of hydrogen-bond acceptors (Lipinski definition) is 7. The molecule has 1 aromatic rings. The number of carbonyl (C=O) groups is 1. The second-order valence-corrected chi connectivity index (χ2v) is 5.15. The summed E-state index contributed by atoms with van der Waals surface area (Å²) in [5, 5.41) is 1.98. The fourth-order valence-electron chi connectivity index (χ4n) is 0.883. The number of aryl methyl sites for hydroxylation is 1. The third-order valence-electron chi connectivity index (χ3n) is 1.75. The molecule has 0 unspecified atom stereocenters. The van der Waals surface area contributed by atoms with Gasteiger partial charge in [-0.05, 0) is 23.4 Å². The molecule has 108 valence electrons. The molecule has 0 aliphatic heterocycles. The van der Waals surface area contributed by atoms with Gasteiger partial charge in [0.2, 0.25) is 0 Å². The molecular formula is C10H10N2O6S2. The van der Waals surface area contributed by atoms with E-state index in [-0.39, 0.29) is 5.97 Å². The Hall–Kier alpha value is -2.12. The van der Waals surface area contributed by atoms with Crippen LogP contribution >= 0.6 is 11.3 Å². The van der Waals surface area contributed by atoms with Gasteiger partial charge in [0.15, 0.2) is 0 Å². The lowest BCUT2D eigenvalue weighted by atomic mass is 10.2. The van der Waals surface area contributed by atoms with Crippen LogP contribution in [0.2, 0.25) is 0 Å². The van der Waals surface area contributed by atoms with E-state index >= 15 is 0 Å². The fourth-order valence-corrected chi connectivity index (χ4v) is 2.02. The van der Waals surface area contributed by atoms with Crippen molar-refractivity contribution in [2.24, 2.45) is 8.80 Å². The van der Waals surface area contributed by atoms with Crippen molar-refractivity contribution >= 4 is 39.7 Å². The minimum atomic E-state index is -4.28. The van der Waals surface area contributed by atoms with Gasteiger partial charge in [0.05, 0.1) is 7.11 Å². The summed E-state index contributed by atoms with van der Waals surface area (Å²) in [7, 11) is -2.88. The lowest BCUT2D eigenvalue weighted by molar-refractivity contribution is 0.0606. The van der Waals surface area contributed by atoms with Crippen molar-refractivity contribution in [2.75, 3.05) is 7.11 Å². The number of methoxy groups -OCH3 is 1. The van der Waals surface area contributed by atoms with E-state index in [1.165, 1.54) is 24.0 Å². The maximum Gasteiger partial charge on any atom is 0.383 e. The molecule has 0 aliphatic carbocycles. The van der Waals surface area contributed by atoms with Crippen LogP contribution < -0.4 is 0 Å². The Labute approximate surface area is 119 Å². The molecule has 0 radical (unpaired) electrons. The second-order valence-electron chi connectivity index (χ2n) is 2.98. The van der Waals surface area contributed by atoms with Crippen LogP contribution in [0.3, 0.4) is 0 Å². The van der Waals surface area contributed by atoms with Crippen LogP contribution in [0.5, 0.6) is 0 Å². The normalized spacial score (nSPS) is 9.30. The molecule has 0 saturated heterocycles. The smallest absolute Gasteiger partial charge is 0.383 e. The van der Waals surface area contributed by atoms with E-state index in [1.807, 2.05) is 11.4 Å². The van der Waals surface area contributed by atoms with Gasteiger partial charge >= 0.3 is 16.2 Å². The molecule has 10 heteroatoms. The number of rotatable bonds is 4. The number of nitrogens with zero attached hydrogens (tertiary/aromatic N) is 2. The summed E-state index contributed by atoms with van der Waals surface area (Å²) in [6.45, 7) is 2.06. The molecule has 0 aliphatic rings. The van der Waals surface area contributed by atoms with E-state index in [1.54, 1.807) is 0 Å². The zero-order valence-electron chi connectivity index (χ0n) is 10.5. The largest absolute Gasteiger partial charge is 0.465 e. The Morgan fingerprint density at radius 2 is 1.90 bits per heavy atom. The van der Waals surface area contributed by atoms with E-state index < -0.39 is 10.2 Å². The highest BCUT2D eigenvalue weighted by Gasteiger charge is 2.07. The average molecular weight is 318 g/mol. The highest BCUT2D eigenvalue weighted by Crippen LogP contribution is 2.15. The number of isocyanates is 2. The first-order chi connectivity index (χ1) is 9.40. The highest BCUT2D eigenvalue weighted by atomic mass is 32.2. The van der Waals surface area contributed by atoms with Crippen LogP contribution in [0, 0.1) is 0 Å². The number of thiophene rings is 1. The van der Waals surface area contributed by atoms with Crippen molar-refractivity contribution in [3.63, 3.8) is 0 Å². The first kappa shape index (κ1) is 17.9. The lowest BCUT2D eigenvalue weighted by Gasteiger charge is -1.91. The molecule has 0 aromatic carbocycles. The molecule has 0 bridgehead atoms. The Bertz CT molecular complexity index is 627. The zero-order valence-corrected chi connectivity index (χ0v) is 12.2. The molecule has 1 rings (SSSR count). The van der Waals surface area contributed by atoms with Crippen LogP contribution in [-0.2, 0) is 31.0 Å². The van der Waals surface area contributed by atoms with Crippen molar-refractivity contribution in [1.82, 2.24) is 0 Å². The summed E-state index contributed by atoms with van der Waals surface area (Å²) in [5.74, 6) is -0.241. The standard InChI is InChI=1S/C8H10O2S.C2N2O4S/c1-3-6-4-7(11-5-6)8(9)10-2;5-1-3-9(7,8)4-2-6/h4-5H,3H2,1-2H3;. The zero-order chi connectivity index (χ0) is 15.6. The van der Waals surface area contributed by atoms with Gasteiger partial charge in [0, 0.05) is 0 Å². The van der Waals surface area contributed by atoms with Gasteiger partial charge in [-0.15, -0.1) is 11.3 Å². The monoisotopic (exact) mass is 318 g/mol. The molecule has 0 N–H and O–H groups in total. The summed E-state index contributed by atoms with van der Waals surface area (Å²) in [6, 6.07) is 1.87. The summed E-state index contributed by atoms with van der Waals surface area (Å²) >= 11 is 1.43. The third-order valence-corrected chi connectivity index (χ3v) is 3.32. The maximum atomic E-state index is 10.9. The first-order valence-electron chi connectivity index (χ1n) is 4.99. The van der Waals surface area contributed by atoms with Crippen LogP contribution in [0.25, 0.3) is 0 Å². The average Bonchev–Trinajstić information content (AvgIpc) is 2.87. The first-order valence-corrected chi connectivity index (χ1v) is 7.26. The number of ether oxygens (including phenoxy) is 1. The molecule has 0 amide bonds. The quantitative estimate of drug-likeness (QED) is 0.464. The molecular weight excluding hydrogens is 308 g/mol. The molecule has 1 heterocycles. The molecule has 1 aromatic heterocycles. The van der Waals surface area contributed by atoms with Gasteiger partial charge in [-0.25, -0.2) is 14.4 Å². The summed E-state index contributed by atoms with van der Waals surface area (Å²) in [4.78, 5) is 30.1. The fraction of sp³-hybridized carbons (Fsp3) is 0.300.